The minimum absolute atomic E-state index is 0.344. The molecule has 0 aliphatic heterocycles. The van der Waals surface area contributed by atoms with Crippen LogP contribution in [0.4, 0.5) is 11.6 Å². The molecule has 1 atom stereocenters. The number of hydrogen-bond acceptors (Lipinski definition) is 4. The zero-order chi connectivity index (χ0) is 11.0. The predicted octanol–water partition coefficient (Wildman–Crippen LogP) is 1.95. The Morgan fingerprint density at radius 1 is 1.53 bits per heavy atom. The first kappa shape index (κ1) is 10.5. The number of nitrogens with two attached hydrogens (primary N) is 1. The van der Waals surface area contributed by atoms with Gasteiger partial charge in [0.05, 0.1) is 0 Å². The van der Waals surface area contributed by atoms with Crippen LogP contribution in [-0.4, -0.2) is 23.1 Å². The normalized spacial score (nSPS) is 17.5. The van der Waals surface area contributed by atoms with Crippen molar-refractivity contribution in [1.29, 1.82) is 0 Å². The Morgan fingerprint density at radius 3 is 2.80 bits per heavy atom. The molecule has 1 fully saturated rings. The highest BCUT2D eigenvalue weighted by Crippen LogP contribution is 2.37. The van der Waals surface area contributed by atoms with Gasteiger partial charge in [-0.15, -0.1) is 0 Å². The van der Waals surface area contributed by atoms with Gasteiger partial charge < -0.3 is 10.6 Å². The molecule has 5 heteroatoms. The molecule has 1 aliphatic carbocycles. The molecular weight excluding hydrogens is 212 g/mol. The Hall–Kier alpha value is -1.03. The van der Waals surface area contributed by atoms with Gasteiger partial charge in [-0.25, -0.2) is 9.97 Å². The van der Waals surface area contributed by atoms with Crippen LogP contribution in [0.5, 0.6) is 0 Å². The molecular formula is C10H15ClN4. The zero-order valence-corrected chi connectivity index (χ0v) is 9.70. The first-order valence-electron chi connectivity index (χ1n) is 5.10. The molecule has 2 N–H and O–H groups in total. The van der Waals surface area contributed by atoms with E-state index in [0.717, 1.165) is 11.7 Å². The minimum Gasteiger partial charge on any atom is -0.382 e. The van der Waals surface area contributed by atoms with E-state index in [0.29, 0.717) is 16.9 Å². The molecule has 0 spiro atoms. The molecule has 1 saturated carbocycles. The van der Waals surface area contributed by atoms with Crippen LogP contribution in [0.25, 0.3) is 0 Å². The lowest BCUT2D eigenvalue weighted by atomic mass is 10.2. The molecule has 0 amide bonds. The molecule has 1 aromatic heterocycles. The first-order chi connectivity index (χ1) is 7.11. The maximum atomic E-state index is 6.07. The maximum Gasteiger partial charge on any atom is 0.153 e. The third-order valence-electron chi connectivity index (χ3n) is 3.05. The average Bonchev–Trinajstić information content (AvgIpc) is 3.03. The van der Waals surface area contributed by atoms with E-state index in [1.165, 1.54) is 19.2 Å². The summed E-state index contributed by atoms with van der Waals surface area (Å²) in [7, 11) is 2.00. The van der Waals surface area contributed by atoms with E-state index in [9.17, 15) is 0 Å². The number of halogens is 1. The Labute approximate surface area is 94.5 Å². The second kappa shape index (κ2) is 3.85. The van der Waals surface area contributed by atoms with Gasteiger partial charge in [-0.1, -0.05) is 11.6 Å². The number of nitrogens with zero attached hydrogens (tertiary/aromatic N) is 3. The van der Waals surface area contributed by atoms with E-state index in [2.05, 4.69) is 21.8 Å². The monoisotopic (exact) mass is 226 g/mol. The van der Waals surface area contributed by atoms with Crippen LogP contribution >= 0.6 is 11.6 Å². The predicted molar refractivity (Wildman–Crippen MR) is 62.0 cm³/mol. The van der Waals surface area contributed by atoms with Crippen LogP contribution in [0.3, 0.4) is 0 Å². The van der Waals surface area contributed by atoms with Gasteiger partial charge in [-0.2, -0.15) is 0 Å². The molecule has 1 unspecified atom stereocenters. The molecule has 1 aromatic rings. The second-order valence-corrected chi connectivity index (χ2v) is 4.46. The van der Waals surface area contributed by atoms with Crippen molar-refractivity contribution in [3.63, 3.8) is 0 Å². The molecule has 82 valence electrons. The first-order valence-corrected chi connectivity index (χ1v) is 5.48. The molecule has 0 bridgehead atoms. The van der Waals surface area contributed by atoms with Gasteiger partial charge in [-0.05, 0) is 25.7 Å². The lowest BCUT2D eigenvalue weighted by Gasteiger charge is -2.26. The number of anilines is 2. The second-order valence-electron chi connectivity index (χ2n) is 4.09. The highest BCUT2D eigenvalue weighted by atomic mass is 35.5. The third-order valence-corrected chi connectivity index (χ3v) is 3.41. The SMILES string of the molecule is CC(C1CC1)N(C)c1ncnc(N)c1Cl. The number of nitrogen functional groups attached to an aromatic ring is 1. The lowest BCUT2D eigenvalue weighted by molar-refractivity contribution is 0.603. The van der Waals surface area contributed by atoms with Gasteiger partial charge in [0.2, 0.25) is 0 Å². The smallest absolute Gasteiger partial charge is 0.153 e. The summed E-state index contributed by atoms with van der Waals surface area (Å²) in [6.07, 6.45) is 4.04. The molecule has 0 aromatic carbocycles. The largest absolute Gasteiger partial charge is 0.382 e. The van der Waals surface area contributed by atoms with E-state index >= 15 is 0 Å². The summed E-state index contributed by atoms with van der Waals surface area (Å²) in [6, 6.07) is 0.455. The van der Waals surface area contributed by atoms with Gasteiger partial charge in [0, 0.05) is 13.1 Å². The van der Waals surface area contributed by atoms with Gasteiger partial charge in [0.1, 0.15) is 17.2 Å². The summed E-state index contributed by atoms with van der Waals surface area (Å²) in [6.45, 7) is 2.19. The summed E-state index contributed by atoms with van der Waals surface area (Å²) in [5.74, 6) is 1.84. The van der Waals surface area contributed by atoms with Crippen LogP contribution in [-0.2, 0) is 0 Å². The molecule has 15 heavy (non-hydrogen) atoms. The Morgan fingerprint density at radius 2 is 2.20 bits per heavy atom. The zero-order valence-electron chi connectivity index (χ0n) is 8.94. The Bertz CT molecular complexity index is 364. The van der Waals surface area contributed by atoms with Gasteiger partial charge in [0.25, 0.3) is 0 Å². The highest BCUT2D eigenvalue weighted by Gasteiger charge is 2.31. The van der Waals surface area contributed by atoms with Crippen LogP contribution in [0.15, 0.2) is 6.33 Å². The highest BCUT2D eigenvalue weighted by molar-refractivity contribution is 6.35. The fraction of sp³-hybridized carbons (Fsp3) is 0.600. The van der Waals surface area contributed by atoms with Crippen LogP contribution in [0.2, 0.25) is 5.02 Å². The fourth-order valence-electron chi connectivity index (χ4n) is 1.71. The molecule has 1 heterocycles. The number of hydrogen-bond donors (Lipinski definition) is 1. The van der Waals surface area contributed by atoms with Crippen molar-refractivity contribution in [1.82, 2.24) is 9.97 Å². The molecule has 0 radical (unpaired) electrons. The van der Waals surface area contributed by atoms with E-state index < -0.39 is 0 Å². The molecule has 4 nitrogen and oxygen atoms in total. The van der Waals surface area contributed by atoms with E-state index in [4.69, 9.17) is 17.3 Å². The number of rotatable bonds is 3. The maximum absolute atomic E-state index is 6.07. The summed E-state index contributed by atoms with van der Waals surface area (Å²) < 4.78 is 0. The summed E-state index contributed by atoms with van der Waals surface area (Å²) in [4.78, 5) is 10.1. The van der Waals surface area contributed by atoms with E-state index in [1.54, 1.807) is 0 Å². The molecule has 0 saturated heterocycles. The summed E-state index contributed by atoms with van der Waals surface area (Å²) in [5, 5.41) is 0.451. The van der Waals surface area contributed by atoms with Crippen LogP contribution < -0.4 is 10.6 Å². The number of aromatic nitrogens is 2. The van der Waals surface area contributed by atoms with Crippen LogP contribution in [0, 0.1) is 5.92 Å². The topological polar surface area (TPSA) is 55.0 Å². The van der Waals surface area contributed by atoms with E-state index in [1.807, 2.05) is 7.05 Å². The standard InChI is InChI=1S/C10H15ClN4/c1-6(7-3-4-7)15(2)10-8(11)9(12)13-5-14-10/h5-7H,3-4H2,1-2H3,(H2,12,13,14). The van der Waals surface area contributed by atoms with Crippen molar-refractivity contribution in [2.75, 3.05) is 17.7 Å². The Balaban J connectivity index is 2.24. The van der Waals surface area contributed by atoms with Crippen LogP contribution in [0.1, 0.15) is 19.8 Å². The van der Waals surface area contributed by atoms with Gasteiger partial charge in [0.15, 0.2) is 5.82 Å². The third kappa shape index (κ3) is 2.00. The van der Waals surface area contributed by atoms with Crippen molar-refractivity contribution in [3.05, 3.63) is 11.3 Å². The van der Waals surface area contributed by atoms with Crippen molar-refractivity contribution >= 4 is 23.2 Å². The summed E-state index contributed by atoms with van der Waals surface area (Å²) >= 11 is 6.07. The quantitative estimate of drug-likeness (QED) is 0.856. The molecule has 1 aliphatic rings. The van der Waals surface area contributed by atoms with Crippen molar-refractivity contribution in [2.45, 2.75) is 25.8 Å². The summed E-state index contributed by atoms with van der Waals surface area (Å²) in [5.41, 5.74) is 5.64. The van der Waals surface area contributed by atoms with Crippen molar-refractivity contribution < 1.29 is 0 Å². The van der Waals surface area contributed by atoms with Gasteiger partial charge in [-0.3, -0.25) is 0 Å². The minimum atomic E-state index is 0.344. The van der Waals surface area contributed by atoms with Crippen molar-refractivity contribution in [3.8, 4) is 0 Å². The van der Waals surface area contributed by atoms with Crippen molar-refractivity contribution in [2.24, 2.45) is 5.92 Å². The van der Waals surface area contributed by atoms with E-state index in [-0.39, 0.29) is 0 Å². The average molecular weight is 227 g/mol. The fourth-order valence-corrected chi connectivity index (χ4v) is 1.94. The lowest BCUT2D eigenvalue weighted by Crippen LogP contribution is -2.31. The molecule has 2 rings (SSSR count). The Kier molecular flexibility index (Phi) is 2.69. The van der Waals surface area contributed by atoms with Gasteiger partial charge >= 0.3 is 0 Å².